The van der Waals surface area contributed by atoms with Crippen molar-refractivity contribution < 1.29 is 9.90 Å². The lowest BCUT2D eigenvalue weighted by Gasteiger charge is -2.36. The van der Waals surface area contributed by atoms with Crippen LogP contribution in [0.4, 0.5) is 0 Å². The van der Waals surface area contributed by atoms with Crippen LogP contribution < -0.4 is 5.32 Å². The second-order valence-corrected chi connectivity index (χ2v) is 5.41. The van der Waals surface area contributed by atoms with Crippen molar-refractivity contribution >= 4 is 5.91 Å². The standard InChI is InChI=1S/C15H22N2O2/c1-10-4-5-12(8-14(10)18)15(19)17-7-6-13(16-3)11(2)9-17/h4-5,8,11,13,16,18H,6-7,9H2,1-3H3. The molecule has 1 saturated heterocycles. The molecule has 4 nitrogen and oxygen atoms in total. The predicted molar refractivity (Wildman–Crippen MR) is 75.4 cm³/mol. The molecule has 2 atom stereocenters. The van der Waals surface area contributed by atoms with Crippen LogP contribution in [-0.4, -0.2) is 42.1 Å². The van der Waals surface area contributed by atoms with E-state index >= 15 is 0 Å². The maximum Gasteiger partial charge on any atom is 0.253 e. The summed E-state index contributed by atoms with van der Waals surface area (Å²) >= 11 is 0. The van der Waals surface area contributed by atoms with E-state index in [1.807, 2.05) is 18.9 Å². The van der Waals surface area contributed by atoms with Gasteiger partial charge >= 0.3 is 0 Å². The molecule has 1 aliphatic rings. The van der Waals surface area contributed by atoms with Crippen molar-refractivity contribution in [3.63, 3.8) is 0 Å². The van der Waals surface area contributed by atoms with Crippen LogP contribution in [0.3, 0.4) is 0 Å². The van der Waals surface area contributed by atoms with Crippen molar-refractivity contribution in [2.24, 2.45) is 5.92 Å². The van der Waals surface area contributed by atoms with Gasteiger partial charge < -0.3 is 15.3 Å². The first-order valence-electron chi connectivity index (χ1n) is 6.79. The SMILES string of the molecule is CNC1CCN(C(=O)c2ccc(C)c(O)c2)CC1C. The molecule has 0 radical (unpaired) electrons. The summed E-state index contributed by atoms with van der Waals surface area (Å²) in [6.45, 7) is 5.51. The Labute approximate surface area is 114 Å². The third-order valence-corrected chi connectivity index (χ3v) is 4.02. The van der Waals surface area contributed by atoms with Crippen LogP contribution in [-0.2, 0) is 0 Å². The molecule has 2 unspecified atom stereocenters. The number of piperidine rings is 1. The average molecular weight is 262 g/mol. The van der Waals surface area contributed by atoms with E-state index in [0.29, 0.717) is 17.5 Å². The topological polar surface area (TPSA) is 52.6 Å². The number of rotatable bonds is 2. The molecule has 2 N–H and O–H groups in total. The number of hydrogen-bond acceptors (Lipinski definition) is 3. The highest BCUT2D eigenvalue weighted by Crippen LogP contribution is 2.22. The van der Waals surface area contributed by atoms with Gasteiger partial charge in [0.15, 0.2) is 0 Å². The van der Waals surface area contributed by atoms with Crippen LogP contribution in [0.5, 0.6) is 5.75 Å². The average Bonchev–Trinajstić information content (AvgIpc) is 2.41. The molecule has 1 heterocycles. The number of phenolic OH excluding ortho intramolecular Hbond substituents is 1. The summed E-state index contributed by atoms with van der Waals surface area (Å²) in [7, 11) is 1.97. The summed E-state index contributed by atoms with van der Waals surface area (Å²) in [5.74, 6) is 0.641. The number of amides is 1. The number of nitrogens with zero attached hydrogens (tertiary/aromatic N) is 1. The molecular formula is C15H22N2O2. The Bertz CT molecular complexity index is 473. The van der Waals surface area contributed by atoms with Gasteiger partial charge in [0.25, 0.3) is 5.91 Å². The van der Waals surface area contributed by atoms with E-state index in [9.17, 15) is 9.90 Å². The summed E-state index contributed by atoms with van der Waals surface area (Å²) in [4.78, 5) is 14.3. The number of benzene rings is 1. The molecule has 19 heavy (non-hydrogen) atoms. The van der Waals surface area contributed by atoms with Crippen LogP contribution in [0.1, 0.15) is 29.3 Å². The summed E-state index contributed by atoms with van der Waals surface area (Å²) < 4.78 is 0. The van der Waals surface area contributed by atoms with Crippen molar-refractivity contribution in [2.45, 2.75) is 26.3 Å². The van der Waals surface area contributed by atoms with Gasteiger partial charge in [-0.25, -0.2) is 0 Å². The molecule has 1 fully saturated rings. The second-order valence-electron chi connectivity index (χ2n) is 5.41. The first kappa shape index (κ1) is 13.9. The molecule has 1 aromatic rings. The molecule has 0 saturated carbocycles. The minimum Gasteiger partial charge on any atom is -0.508 e. The van der Waals surface area contributed by atoms with Gasteiger partial charge in [-0.1, -0.05) is 13.0 Å². The van der Waals surface area contributed by atoms with Gasteiger partial charge in [0.2, 0.25) is 0 Å². The number of phenols is 1. The van der Waals surface area contributed by atoms with Gasteiger partial charge in [0, 0.05) is 24.7 Å². The predicted octanol–water partition coefficient (Wildman–Crippen LogP) is 1.77. The van der Waals surface area contributed by atoms with Crippen molar-refractivity contribution in [3.05, 3.63) is 29.3 Å². The Morgan fingerprint density at radius 2 is 2.21 bits per heavy atom. The van der Waals surface area contributed by atoms with Gasteiger partial charge in [0.1, 0.15) is 5.75 Å². The number of carbonyl (C=O) groups excluding carboxylic acids is 1. The van der Waals surface area contributed by atoms with Crippen molar-refractivity contribution in [3.8, 4) is 5.75 Å². The molecule has 0 spiro atoms. The summed E-state index contributed by atoms with van der Waals surface area (Å²) in [6, 6.07) is 5.61. The molecule has 0 aromatic heterocycles. The molecule has 1 aromatic carbocycles. The Morgan fingerprint density at radius 1 is 1.47 bits per heavy atom. The molecule has 1 amide bonds. The first-order valence-corrected chi connectivity index (χ1v) is 6.79. The number of aryl methyl sites for hydroxylation is 1. The molecule has 1 aliphatic heterocycles. The largest absolute Gasteiger partial charge is 0.508 e. The summed E-state index contributed by atoms with van der Waals surface area (Å²) in [5.41, 5.74) is 1.36. The highest BCUT2D eigenvalue weighted by atomic mass is 16.3. The van der Waals surface area contributed by atoms with Crippen LogP contribution in [0.15, 0.2) is 18.2 Å². The molecular weight excluding hydrogens is 240 g/mol. The fraction of sp³-hybridized carbons (Fsp3) is 0.533. The molecule has 0 bridgehead atoms. The minimum atomic E-state index is 0.0108. The van der Waals surface area contributed by atoms with E-state index in [1.165, 1.54) is 0 Å². The quantitative estimate of drug-likeness (QED) is 0.854. The monoisotopic (exact) mass is 262 g/mol. The Morgan fingerprint density at radius 3 is 2.79 bits per heavy atom. The lowest BCUT2D eigenvalue weighted by atomic mass is 9.93. The molecule has 2 rings (SSSR count). The Balaban J connectivity index is 2.10. The number of likely N-dealkylation sites (tertiary alicyclic amines) is 1. The zero-order valence-electron chi connectivity index (χ0n) is 11.8. The van der Waals surface area contributed by atoms with E-state index in [4.69, 9.17) is 0 Å². The van der Waals surface area contributed by atoms with Gasteiger partial charge in [-0.2, -0.15) is 0 Å². The first-order chi connectivity index (χ1) is 9.02. The van der Waals surface area contributed by atoms with E-state index in [0.717, 1.165) is 25.1 Å². The summed E-state index contributed by atoms with van der Waals surface area (Å²) in [6.07, 6.45) is 0.973. The highest BCUT2D eigenvalue weighted by molar-refractivity contribution is 5.94. The lowest BCUT2D eigenvalue weighted by molar-refractivity contribution is 0.0649. The fourth-order valence-corrected chi connectivity index (χ4v) is 2.68. The van der Waals surface area contributed by atoms with E-state index in [1.54, 1.807) is 18.2 Å². The molecule has 0 aliphatic carbocycles. The van der Waals surface area contributed by atoms with Gasteiger partial charge in [-0.3, -0.25) is 4.79 Å². The summed E-state index contributed by atoms with van der Waals surface area (Å²) in [5, 5.41) is 13.0. The van der Waals surface area contributed by atoms with Crippen molar-refractivity contribution in [1.82, 2.24) is 10.2 Å². The maximum atomic E-state index is 12.4. The molecule has 4 heteroatoms. The smallest absolute Gasteiger partial charge is 0.253 e. The Hall–Kier alpha value is -1.55. The number of hydrogen-bond donors (Lipinski definition) is 2. The van der Waals surface area contributed by atoms with Crippen molar-refractivity contribution in [1.29, 1.82) is 0 Å². The number of aromatic hydroxyl groups is 1. The second kappa shape index (κ2) is 5.61. The third-order valence-electron chi connectivity index (χ3n) is 4.02. The van der Waals surface area contributed by atoms with E-state index in [-0.39, 0.29) is 11.7 Å². The maximum absolute atomic E-state index is 12.4. The minimum absolute atomic E-state index is 0.0108. The van der Waals surface area contributed by atoms with Crippen LogP contribution in [0.2, 0.25) is 0 Å². The zero-order chi connectivity index (χ0) is 14.0. The number of nitrogens with one attached hydrogen (secondary N) is 1. The molecule has 104 valence electrons. The number of carbonyl (C=O) groups is 1. The highest BCUT2D eigenvalue weighted by Gasteiger charge is 2.28. The third kappa shape index (κ3) is 2.89. The van der Waals surface area contributed by atoms with Crippen molar-refractivity contribution in [2.75, 3.05) is 20.1 Å². The van der Waals surface area contributed by atoms with Crippen LogP contribution >= 0.6 is 0 Å². The lowest BCUT2D eigenvalue weighted by Crippen LogP contribution is -2.49. The van der Waals surface area contributed by atoms with Gasteiger partial charge in [0.05, 0.1) is 0 Å². The van der Waals surface area contributed by atoms with E-state index in [2.05, 4.69) is 12.2 Å². The van der Waals surface area contributed by atoms with Gasteiger partial charge in [-0.15, -0.1) is 0 Å². The van der Waals surface area contributed by atoms with Gasteiger partial charge in [-0.05, 0) is 44.0 Å². The Kier molecular flexibility index (Phi) is 4.10. The normalized spacial score (nSPS) is 23.4. The van der Waals surface area contributed by atoms with E-state index < -0.39 is 0 Å². The van der Waals surface area contributed by atoms with Crippen LogP contribution in [0, 0.1) is 12.8 Å². The van der Waals surface area contributed by atoms with Crippen LogP contribution in [0.25, 0.3) is 0 Å². The zero-order valence-corrected chi connectivity index (χ0v) is 11.8. The fourth-order valence-electron chi connectivity index (χ4n) is 2.68.